The molecule has 0 aliphatic rings. The van der Waals surface area contributed by atoms with E-state index in [4.69, 9.17) is 0 Å². The number of ether oxygens (including phenoxy) is 1. The number of likely N-dealkylation sites (N-methyl/N-ethyl adjacent to an activating group) is 1. The van der Waals surface area contributed by atoms with Crippen molar-refractivity contribution in [3.05, 3.63) is 60.1 Å². The first-order chi connectivity index (χ1) is 12.6. The minimum absolute atomic E-state index is 0.238. The molecule has 2 rings (SSSR count). The lowest BCUT2D eigenvalue weighted by Crippen LogP contribution is -2.33. The van der Waals surface area contributed by atoms with E-state index in [2.05, 4.69) is 63.2 Å². The fourth-order valence-electron chi connectivity index (χ4n) is 2.54. The van der Waals surface area contributed by atoms with Crippen LogP contribution in [0, 0.1) is 0 Å². The molecule has 0 amide bonds. The SMILES string of the molecule is COC(=O)/C=C/c1cnc(N[C@H](C)CN(C)CCc2ccccc2)cn1. The lowest BCUT2D eigenvalue weighted by molar-refractivity contribution is -0.134. The molecule has 1 N–H and O–H groups in total. The molecule has 26 heavy (non-hydrogen) atoms. The van der Waals surface area contributed by atoms with Gasteiger partial charge in [-0.3, -0.25) is 4.98 Å². The van der Waals surface area contributed by atoms with Crippen LogP contribution in [0.15, 0.2) is 48.8 Å². The zero-order valence-corrected chi connectivity index (χ0v) is 15.6. The van der Waals surface area contributed by atoms with Gasteiger partial charge in [-0.05, 0) is 32.0 Å². The van der Waals surface area contributed by atoms with Crippen LogP contribution < -0.4 is 5.32 Å². The second-order valence-corrected chi connectivity index (χ2v) is 6.23. The number of esters is 1. The van der Waals surface area contributed by atoms with Crippen molar-refractivity contribution in [1.82, 2.24) is 14.9 Å². The van der Waals surface area contributed by atoms with Crippen LogP contribution in [-0.4, -0.2) is 54.1 Å². The summed E-state index contributed by atoms with van der Waals surface area (Å²) in [6.07, 6.45) is 7.21. The highest BCUT2D eigenvalue weighted by molar-refractivity contribution is 5.86. The molecule has 0 unspecified atom stereocenters. The molecular weight excluding hydrogens is 328 g/mol. The molecule has 0 radical (unpaired) electrons. The topological polar surface area (TPSA) is 67.3 Å². The Morgan fingerprint density at radius 1 is 1.27 bits per heavy atom. The summed E-state index contributed by atoms with van der Waals surface area (Å²) in [5.74, 6) is 0.297. The molecule has 6 heteroatoms. The third-order valence-corrected chi connectivity index (χ3v) is 3.87. The number of anilines is 1. The summed E-state index contributed by atoms with van der Waals surface area (Å²) in [5, 5.41) is 3.34. The molecule has 0 aliphatic heterocycles. The van der Waals surface area contributed by atoms with Gasteiger partial charge >= 0.3 is 5.97 Å². The average molecular weight is 354 g/mol. The Morgan fingerprint density at radius 2 is 2.04 bits per heavy atom. The normalized spacial score (nSPS) is 12.3. The Morgan fingerprint density at radius 3 is 2.69 bits per heavy atom. The van der Waals surface area contributed by atoms with Crippen molar-refractivity contribution in [3.63, 3.8) is 0 Å². The Labute approximate surface area is 154 Å². The molecule has 0 spiro atoms. The number of aromatic nitrogens is 2. The fraction of sp³-hybridized carbons (Fsp3) is 0.350. The molecule has 0 fully saturated rings. The molecule has 0 saturated carbocycles. The van der Waals surface area contributed by atoms with Crippen molar-refractivity contribution >= 4 is 17.9 Å². The van der Waals surface area contributed by atoms with Gasteiger partial charge in [0.05, 0.1) is 25.2 Å². The fourth-order valence-corrected chi connectivity index (χ4v) is 2.54. The molecule has 0 bridgehead atoms. The summed E-state index contributed by atoms with van der Waals surface area (Å²) < 4.78 is 4.54. The molecule has 1 aromatic carbocycles. The van der Waals surface area contributed by atoms with Gasteiger partial charge in [-0.15, -0.1) is 0 Å². The van der Waals surface area contributed by atoms with E-state index in [1.165, 1.54) is 18.7 Å². The van der Waals surface area contributed by atoms with Gasteiger partial charge in [0.1, 0.15) is 5.82 Å². The summed E-state index contributed by atoms with van der Waals surface area (Å²) in [6.45, 7) is 4.02. The van der Waals surface area contributed by atoms with Crippen LogP contribution in [0.5, 0.6) is 0 Å². The van der Waals surface area contributed by atoms with E-state index in [0.717, 1.165) is 19.5 Å². The highest BCUT2D eigenvalue weighted by Gasteiger charge is 2.07. The monoisotopic (exact) mass is 354 g/mol. The van der Waals surface area contributed by atoms with E-state index >= 15 is 0 Å². The van der Waals surface area contributed by atoms with Crippen LogP contribution in [0.2, 0.25) is 0 Å². The van der Waals surface area contributed by atoms with Crippen molar-refractivity contribution in [2.75, 3.05) is 32.6 Å². The lowest BCUT2D eigenvalue weighted by atomic mass is 10.1. The van der Waals surface area contributed by atoms with E-state index in [0.29, 0.717) is 11.5 Å². The second kappa shape index (κ2) is 10.3. The van der Waals surface area contributed by atoms with Gasteiger partial charge in [0.15, 0.2) is 0 Å². The van der Waals surface area contributed by atoms with Gasteiger partial charge in [-0.25, -0.2) is 9.78 Å². The lowest BCUT2D eigenvalue weighted by Gasteiger charge is -2.22. The molecule has 138 valence electrons. The van der Waals surface area contributed by atoms with Crippen LogP contribution >= 0.6 is 0 Å². The van der Waals surface area contributed by atoms with Crippen LogP contribution in [-0.2, 0) is 16.0 Å². The number of methoxy groups -OCH3 is 1. The van der Waals surface area contributed by atoms with Crippen LogP contribution in [0.3, 0.4) is 0 Å². The molecule has 1 aromatic heterocycles. The molecule has 1 atom stereocenters. The third-order valence-electron chi connectivity index (χ3n) is 3.87. The number of hydrogen-bond acceptors (Lipinski definition) is 6. The predicted molar refractivity (Wildman–Crippen MR) is 104 cm³/mol. The van der Waals surface area contributed by atoms with Gasteiger partial charge in [-0.1, -0.05) is 30.3 Å². The third kappa shape index (κ3) is 7.03. The van der Waals surface area contributed by atoms with E-state index < -0.39 is 5.97 Å². The Balaban J connectivity index is 1.77. The molecule has 0 aliphatic carbocycles. The minimum atomic E-state index is -0.416. The van der Waals surface area contributed by atoms with E-state index in [1.54, 1.807) is 18.5 Å². The van der Waals surface area contributed by atoms with E-state index in [1.807, 2.05) is 6.07 Å². The van der Waals surface area contributed by atoms with Crippen LogP contribution in [0.4, 0.5) is 5.82 Å². The minimum Gasteiger partial charge on any atom is -0.466 e. The number of benzene rings is 1. The second-order valence-electron chi connectivity index (χ2n) is 6.23. The smallest absolute Gasteiger partial charge is 0.330 e. The Bertz CT molecular complexity index is 702. The molecule has 2 aromatic rings. The summed E-state index contributed by atoms with van der Waals surface area (Å²) in [4.78, 5) is 22.0. The maximum Gasteiger partial charge on any atom is 0.330 e. The first-order valence-corrected chi connectivity index (χ1v) is 8.64. The molecule has 0 saturated heterocycles. The zero-order valence-electron chi connectivity index (χ0n) is 15.6. The highest BCUT2D eigenvalue weighted by Crippen LogP contribution is 2.06. The van der Waals surface area contributed by atoms with Crippen molar-refractivity contribution in [2.24, 2.45) is 0 Å². The van der Waals surface area contributed by atoms with E-state index in [9.17, 15) is 4.79 Å². The van der Waals surface area contributed by atoms with E-state index in [-0.39, 0.29) is 6.04 Å². The average Bonchev–Trinajstić information content (AvgIpc) is 2.66. The maximum atomic E-state index is 11.1. The summed E-state index contributed by atoms with van der Waals surface area (Å²) in [7, 11) is 3.46. The highest BCUT2D eigenvalue weighted by atomic mass is 16.5. The number of nitrogens with one attached hydrogen (secondary N) is 1. The number of carbonyl (C=O) groups is 1. The van der Waals surface area contributed by atoms with Gasteiger partial charge in [0.2, 0.25) is 0 Å². The van der Waals surface area contributed by atoms with Crippen molar-refractivity contribution in [1.29, 1.82) is 0 Å². The van der Waals surface area contributed by atoms with Gasteiger partial charge in [0.25, 0.3) is 0 Å². The summed E-state index contributed by atoms with van der Waals surface area (Å²) in [5.41, 5.74) is 1.95. The number of hydrogen-bond donors (Lipinski definition) is 1. The number of carbonyl (C=O) groups excluding carboxylic acids is 1. The van der Waals surface area contributed by atoms with Crippen LogP contribution in [0.1, 0.15) is 18.2 Å². The quantitative estimate of drug-likeness (QED) is 0.552. The summed E-state index contributed by atoms with van der Waals surface area (Å²) >= 11 is 0. The first-order valence-electron chi connectivity index (χ1n) is 8.64. The number of nitrogens with zero attached hydrogens (tertiary/aromatic N) is 3. The summed E-state index contributed by atoms with van der Waals surface area (Å²) in [6, 6.07) is 10.7. The first kappa shape index (κ1) is 19.6. The predicted octanol–water partition coefficient (Wildman–Crippen LogP) is 2.64. The zero-order chi connectivity index (χ0) is 18.8. The van der Waals surface area contributed by atoms with Gasteiger partial charge in [-0.2, -0.15) is 0 Å². The standard InChI is InChI=1S/C20H26N4O2/c1-16(15-24(2)12-11-17-7-5-4-6-8-17)23-19-14-21-18(13-22-19)9-10-20(25)26-3/h4-10,13-14,16H,11-12,15H2,1-3H3,(H,22,23)/b10-9+/t16-/m1/s1. The van der Waals surface area contributed by atoms with Crippen molar-refractivity contribution in [3.8, 4) is 0 Å². The largest absolute Gasteiger partial charge is 0.466 e. The van der Waals surface area contributed by atoms with Crippen molar-refractivity contribution in [2.45, 2.75) is 19.4 Å². The van der Waals surface area contributed by atoms with Crippen LogP contribution in [0.25, 0.3) is 6.08 Å². The Hall–Kier alpha value is -2.73. The van der Waals surface area contributed by atoms with Crippen molar-refractivity contribution < 1.29 is 9.53 Å². The molecule has 1 heterocycles. The molecular formula is C20H26N4O2. The maximum absolute atomic E-state index is 11.1. The van der Waals surface area contributed by atoms with Gasteiger partial charge < -0.3 is 15.0 Å². The Kier molecular flexibility index (Phi) is 7.76. The number of rotatable bonds is 9. The van der Waals surface area contributed by atoms with Gasteiger partial charge in [0, 0.05) is 25.2 Å². The molecule has 6 nitrogen and oxygen atoms in total.